The van der Waals surface area contributed by atoms with Crippen LogP contribution in [0.2, 0.25) is 0 Å². The van der Waals surface area contributed by atoms with Gasteiger partial charge in [0.1, 0.15) is 17.8 Å². The molecule has 0 aliphatic heterocycles. The summed E-state index contributed by atoms with van der Waals surface area (Å²) in [5, 5.41) is 17.8. The van der Waals surface area contributed by atoms with Crippen LogP contribution in [0.15, 0.2) is 60.0 Å². The highest BCUT2D eigenvalue weighted by molar-refractivity contribution is 7.99. The van der Waals surface area contributed by atoms with Gasteiger partial charge in [0.2, 0.25) is 0 Å². The summed E-state index contributed by atoms with van der Waals surface area (Å²) in [6.07, 6.45) is 1.66. The lowest BCUT2D eigenvalue weighted by Gasteiger charge is -2.11. The van der Waals surface area contributed by atoms with Crippen molar-refractivity contribution in [1.82, 2.24) is 14.8 Å². The number of hydrogen-bond donors (Lipinski definition) is 0. The van der Waals surface area contributed by atoms with Crippen molar-refractivity contribution in [1.29, 1.82) is 5.26 Å². The Balaban J connectivity index is 1.61. The summed E-state index contributed by atoms with van der Waals surface area (Å²) >= 11 is 1.54. The van der Waals surface area contributed by atoms with Gasteiger partial charge in [-0.05, 0) is 30.3 Å². The fourth-order valence-electron chi connectivity index (χ4n) is 2.26. The molecule has 0 fully saturated rings. The molecule has 0 radical (unpaired) electrons. The summed E-state index contributed by atoms with van der Waals surface area (Å²) in [6, 6.07) is 16.9. The van der Waals surface area contributed by atoms with Crippen LogP contribution in [-0.2, 0) is 0 Å². The average molecular weight is 352 g/mol. The molecule has 1 aromatic heterocycles. The van der Waals surface area contributed by atoms with Crippen molar-refractivity contribution in [2.24, 2.45) is 0 Å². The van der Waals surface area contributed by atoms with Crippen LogP contribution in [0.4, 0.5) is 0 Å². The van der Waals surface area contributed by atoms with Gasteiger partial charge in [0, 0.05) is 5.75 Å². The zero-order valence-electron chi connectivity index (χ0n) is 13.6. The van der Waals surface area contributed by atoms with Crippen LogP contribution in [0, 0.1) is 11.3 Å². The van der Waals surface area contributed by atoms with E-state index in [4.69, 9.17) is 14.7 Å². The number of para-hydroxylation sites is 2. The molecule has 3 aromatic rings. The fourth-order valence-corrected chi connectivity index (χ4v) is 3.00. The molecular weight excluding hydrogens is 336 g/mol. The maximum absolute atomic E-state index is 8.90. The topological polar surface area (TPSA) is 73.0 Å². The number of rotatable bonds is 7. The first-order valence-corrected chi connectivity index (χ1v) is 8.59. The Hall–Kier alpha value is -2.98. The van der Waals surface area contributed by atoms with E-state index in [1.807, 2.05) is 34.9 Å². The standard InChI is InChI=1S/C18H16N4O2S/c1-23-17-8-3-2-7-16(17)22-13-20-21-18(22)25-10-9-24-15-6-4-5-14(11-15)12-19/h2-8,11,13H,9-10H2,1H3. The molecule has 25 heavy (non-hydrogen) atoms. The van der Waals surface area contributed by atoms with Crippen LogP contribution in [0.5, 0.6) is 11.5 Å². The second-order valence-electron chi connectivity index (χ2n) is 4.99. The predicted octanol–water partition coefficient (Wildman–Crippen LogP) is 3.32. The molecule has 0 aliphatic carbocycles. The average Bonchev–Trinajstić information content (AvgIpc) is 3.13. The molecule has 0 atom stereocenters. The van der Waals surface area contributed by atoms with Gasteiger partial charge in [0.25, 0.3) is 0 Å². The Labute approximate surface area is 150 Å². The largest absolute Gasteiger partial charge is 0.495 e. The molecule has 0 spiro atoms. The summed E-state index contributed by atoms with van der Waals surface area (Å²) in [7, 11) is 1.64. The van der Waals surface area contributed by atoms with Crippen molar-refractivity contribution < 1.29 is 9.47 Å². The minimum absolute atomic E-state index is 0.498. The van der Waals surface area contributed by atoms with Crippen LogP contribution in [0.3, 0.4) is 0 Å². The van der Waals surface area contributed by atoms with Crippen molar-refractivity contribution >= 4 is 11.8 Å². The van der Waals surface area contributed by atoms with Gasteiger partial charge in [-0.3, -0.25) is 4.57 Å². The van der Waals surface area contributed by atoms with E-state index in [9.17, 15) is 0 Å². The molecule has 0 amide bonds. The smallest absolute Gasteiger partial charge is 0.195 e. The molecule has 0 N–H and O–H groups in total. The second kappa shape index (κ2) is 8.22. The fraction of sp³-hybridized carbons (Fsp3) is 0.167. The van der Waals surface area contributed by atoms with E-state index in [1.54, 1.807) is 43.4 Å². The van der Waals surface area contributed by atoms with E-state index < -0.39 is 0 Å². The Morgan fingerprint density at radius 3 is 2.92 bits per heavy atom. The summed E-state index contributed by atoms with van der Waals surface area (Å²) in [4.78, 5) is 0. The SMILES string of the molecule is COc1ccccc1-n1cnnc1SCCOc1cccc(C#N)c1. The molecule has 0 aliphatic rings. The van der Waals surface area contributed by atoms with Crippen LogP contribution >= 0.6 is 11.8 Å². The van der Waals surface area contributed by atoms with Gasteiger partial charge in [-0.25, -0.2) is 0 Å². The minimum atomic E-state index is 0.498. The molecule has 0 saturated carbocycles. The third-order valence-electron chi connectivity index (χ3n) is 3.41. The lowest BCUT2D eigenvalue weighted by molar-refractivity contribution is 0.343. The summed E-state index contributed by atoms with van der Waals surface area (Å²) in [6.45, 7) is 0.498. The third kappa shape index (κ3) is 4.11. The highest BCUT2D eigenvalue weighted by Crippen LogP contribution is 2.26. The van der Waals surface area contributed by atoms with Crippen molar-refractivity contribution in [2.75, 3.05) is 19.5 Å². The van der Waals surface area contributed by atoms with Gasteiger partial charge in [-0.15, -0.1) is 10.2 Å². The Morgan fingerprint density at radius 2 is 2.08 bits per heavy atom. The van der Waals surface area contributed by atoms with Gasteiger partial charge in [0.15, 0.2) is 5.16 Å². The third-order valence-corrected chi connectivity index (χ3v) is 4.31. The highest BCUT2D eigenvalue weighted by atomic mass is 32.2. The first-order valence-electron chi connectivity index (χ1n) is 7.61. The monoisotopic (exact) mass is 352 g/mol. The summed E-state index contributed by atoms with van der Waals surface area (Å²) in [5.41, 5.74) is 1.47. The molecule has 0 bridgehead atoms. The van der Waals surface area contributed by atoms with E-state index in [0.717, 1.165) is 16.6 Å². The number of nitrogens with zero attached hydrogens (tertiary/aromatic N) is 4. The second-order valence-corrected chi connectivity index (χ2v) is 6.05. The maximum Gasteiger partial charge on any atom is 0.195 e. The van der Waals surface area contributed by atoms with Gasteiger partial charge in [0.05, 0.1) is 31.0 Å². The number of hydrogen-bond acceptors (Lipinski definition) is 6. The van der Waals surface area contributed by atoms with Crippen LogP contribution in [-0.4, -0.2) is 34.2 Å². The van der Waals surface area contributed by atoms with Crippen molar-refractivity contribution in [3.8, 4) is 23.3 Å². The van der Waals surface area contributed by atoms with E-state index in [0.29, 0.717) is 23.7 Å². The minimum Gasteiger partial charge on any atom is -0.495 e. The molecule has 7 heteroatoms. The normalized spacial score (nSPS) is 10.2. The first-order chi connectivity index (χ1) is 12.3. The zero-order chi connectivity index (χ0) is 17.5. The lowest BCUT2D eigenvalue weighted by atomic mass is 10.2. The molecule has 126 valence electrons. The number of nitriles is 1. The maximum atomic E-state index is 8.90. The molecule has 0 unspecified atom stereocenters. The van der Waals surface area contributed by atoms with Gasteiger partial charge >= 0.3 is 0 Å². The Kier molecular flexibility index (Phi) is 5.54. The predicted molar refractivity (Wildman–Crippen MR) is 95.3 cm³/mol. The molecule has 3 rings (SSSR count). The van der Waals surface area contributed by atoms with Gasteiger partial charge in [-0.1, -0.05) is 30.0 Å². The molecule has 6 nitrogen and oxygen atoms in total. The van der Waals surface area contributed by atoms with Crippen LogP contribution in [0.25, 0.3) is 5.69 Å². The number of aromatic nitrogens is 3. The van der Waals surface area contributed by atoms with E-state index in [-0.39, 0.29) is 0 Å². The quantitative estimate of drug-likeness (QED) is 0.480. The number of methoxy groups -OCH3 is 1. The van der Waals surface area contributed by atoms with E-state index in [2.05, 4.69) is 16.3 Å². The lowest BCUT2D eigenvalue weighted by Crippen LogP contribution is -2.03. The number of thioether (sulfide) groups is 1. The van der Waals surface area contributed by atoms with Crippen molar-refractivity contribution in [3.05, 3.63) is 60.4 Å². The first kappa shape index (κ1) is 16.9. The van der Waals surface area contributed by atoms with E-state index in [1.165, 1.54) is 0 Å². The molecule has 2 aromatic carbocycles. The summed E-state index contributed by atoms with van der Waals surface area (Å²) in [5.74, 6) is 2.14. The van der Waals surface area contributed by atoms with Gasteiger partial charge in [-0.2, -0.15) is 5.26 Å². The molecule has 0 saturated heterocycles. The molecule has 1 heterocycles. The Bertz CT molecular complexity index is 889. The van der Waals surface area contributed by atoms with E-state index >= 15 is 0 Å². The van der Waals surface area contributed by atoms with Crippen LogP contribution < -0.4 is 9.47 Å². The Morgan fingerprint density at radius 1 is 1.20 bits per heavy atom. The van der Waals surface area contributed by atoms with Crippen molar-refractivity contribution in [2.45, 2.75) is 5.16 Å². The zero-order valence-corrected chi connectivity index (χ0v) is 14.4. The van der Waals surface area contributed by atoms with Crippen LogP contribution in [0.1, 0.15) is 5.56 Å². The number of benzene rings is 2. The molecular formula is C18H16N4O2S. The van der Waals surface area contributed by atoms with Gasteiger partial charge < -0.3 is 9.47 Å². The highest BCUT2D eigenvalue weighted by Gasteiger charge is 2.11. The number of ether oxygens (including phenoxy) is 2. The van der Waals surface area contributed by atoms with Crippen molar-refractivity contribution in [3.63, 3.8) is 0 Å². The summed E-state index contributed by atoms with van der Waals surface area (Å²) < 4.78 is 13.0.